The van der Waals surface area contributed by atoms with Gasteiger partial charge in [-0.15, -0.1) is 0 Å². The van der Waals surface area contributed by atoms with Crippen molar-refractivity contribution in [1.82, 2.24) is 0 Å². The maximum absolute atomic E-state index is 10.3. The molecule has 0 aromatic heterocycles. The van der Waals surface area contributed by atoms with Gasteiger partial charge in [-0.3, -0.25) is 4.79 Å². The van der Waals surface area contributed by atoms with E-state index < -0.39 is 36.4 Å². The molecule has 20 heavy (non-hydrogen) atoms. The van der Waals surface area contributed by atoms with Gasteiger partial charge >= 0.3 is 11.9 Å². The van der Waals surface area contributed by atoms with Crippen LogP contribution >= 0.6 is 0 Å². The van der Waals surface area contributed by atoms with E-state index in [2.05, 4.69) is 5.32 Å². The van der Waals surface area contributed by atoms with Crippen molar-refractivity contribution in [2.45, 2.75) is 18.4 Å². The van der Waals surface area contributed by atoms with Crippen LogP contribution in [0.25, 0.3) is 0 Å². The van der Waals surface area contributed by atoms with E-state index in [1.54, 1.807) is 0 Å². The minimum atomic E-state index is -2.80. The summed E-state index contributed by atoms with van der Waals surface area (Å²) in [6.45, 7) is 4.19. The lowest BCUT2D eigenvalue weighted by Crippen LogP contribution is -2.87. The number of hydrogen-bond donors (Lipinski definition) is 4. The molecule has 118 valence electrons. The van der Waals surface area contributed by atoms with Gasteiger partial charge in [0.1, 0.15) is 0 Å². The highest BCUT2D eigenvalue weighted by molar-refractivity contribution is 5.87. The summed E-state index contributed by atoms with van der Waals surface area (Å²) < 4.78 is 5.04. The average molecular weight is 297 g/mol. The average Bonchev–Trinajstić information content (AvgIpc) is 2.29. The van der Waals surface area contributed by atoms with Gasteiger partial charge in [-0.2, -0.15) is 0 Å². The van der Waals surface area contributed by atoms with Gasteiger partial charge in [0, 0.05) is 12.4 Å². The maximum atomic E-state index is 10.3. The second kappa shape index (κ2) is 10.1. The van der Waals surface area contributed by atoms with Crippen LogP contribution in [-0.2, 0) is 19.1 Å². The van der Waals surface area contributed by atoms with Gasteiger partial charge in [0.05, 0.1) is 32.7 Å². The summed E-state index contributed by atoms with van der Waals surface area (Å²) in [5.41, 5.74) is -2.80. The third-order valence-electron chi connectivity index (χ3n) is 2.21. The Morgan fingerprint density at radius 2 is 1.65 bits per heavy atom. The summed E-state index contributed by atoms with van der Waals surface area (Å²) >= 11 is 0. The Morgan fingerprint density at radius 3 is 1.85 bits per heavy atom. The molecule has 1 fully saturated rings. The molecule has 1 aliphatic heterocycles. The molecule has 1 atom stereocenters. The highest BCUT2D eigenvalue weighted by Gasteiger charge is 2.38. The van der Waals surface area contributed by atoms with E-state index in [1.807, 2.05) is 0 Å². The van der Waals surface area contributed by atoms with Gasteiger partial charge < -0.3 is 40.8 Å². The number of carboxylic acids is 3. The second-order valence-corrected chi connectivity index (χ2v) is 3.93. The Morgan fingerprint density at radius 1 is 1.15 bits per heavy atom. The van der Waals surface area contributed by atoms with Crippen molar-refractivity contribution in [2.24, 2.45) is 0 Å². The lowest BCUT2D eigenvalue weighted by Gasteiger charge is -2.21. The standard InChI is InChI=1S/C6H8O7.C4H9NO.H2O/c7-3(8)1-6(13,5(11)12)2-4(9)10;1-3-6-4-2-5-1;/h13H,1-2H2,(H,7,8)(H,9,10)(H,11,12);5H,1-4H2;1H2. The number of quaternary nitrogens is 1. The first kappa shape index (κ1) is 20.6. The van der Waals surface area contributed by atoms with Crippen molar-refractivity contribution in [3.63, 3.8) is 0 Å². The maximum Gasteiger partial charge on any atom is 0.336 e. The molecule has 0 saturated carbocycles. The van der Waals surface area contributed by atoms with Gasteiger partial charge in [0.2, 0.25) is 0 Å². The number of hydrogen-bond acceptors (Lipinski definition) is 6. The fraction of sp³-hybridized carbons (Fsp3) is 0.700. The van der Waals surface area contributed by atoms with Gasteiger partial charge in [-0.25, -0.2) is 4.79 Å². The number of carboxylic acid groups (broad SMARTS) is 3. The van der Waals surface area contributed by atoms with Crippen LogP contribution in [0.1, 0.15) is 12.8 Å². The molecule has 0 amide bonds. The summed E-state index contributed by atoms with van der Waals surface area (Å²) in [5, 5.41) is 37.8. The summed E-state index contributed by atoms with van der Waals surface area (Å²) in [7, 11) is 0. The molecule has 10 nitrogen and oxygen atoms in total. The van der Waals surface area contributed by atoms with Gasteiger partial charge in [-0.05, 0) is 0 Å². The Hall–Kier alpha value is -1.75. The van der Waals surface area contributed by atoms with Gasteiger partial charge in [0.15, 0.2) is 5.60 Å². The molecule has 0 bridgehead atoms. The number of ether oxygens (including phenoxy) is 1. The molecule has 1 rings (SSSR count). The summed E-state index contributed by atoms with van der Waals surface area (Å²) in [6.07, 6.45) is -2.44. The molecule has 0 radical (unpaired) electrons. The fourth-order valence-corrected chi connectivity index (χ4v) is 1.28. The quantitative estimate of drug-likeness (QED) is 0.388. The lowest BCUT2D eigenvalue weighted by atomic mass is 9.96. The van der Waals surface area contributed by atoms with Crippen molar-refractivity contribution in [2.75, 3.05) is 26.3 Å². The molecule has 0 spiro atoms. The number of rotatable bonds is 5. The third-order valence-corrected chi connectivity index (χ3v) is 2.21. The van der Waals surface area contributed by atoms with Crippen molar-refractivity contribution in [3.8, 4) is 0 Å². The Balaban J connectivity index is 0. The van der Waals surface area contributed by atoms with Crippen LogP contribution in [0, 0.1) is 0 Å². The topological polar surface area (TPSA) is 192 Å². The first-order chi connectivity index (χ1) is 8.78. The first-order valence-electron chi connectivity index (χ1n) is 5.55. The molecule has 1 heterocycles. The Bertz CT molecular complexity index is 299. The zero-order chi connectivity index (χ0) is 14.9. The van der Waals surface area contributed by atoms with Gasteiger partial charge in [0.25, 0.3) is 0 Å². The van der Waals surface area contributed by atoms with Crippen LogP contribution in [0.4, 0.5) is 0 Å². The van der Waals surface area contributed by atoms with Crippen molar-refractivity contribution in [3.05, 3.63) is 0 Å². The lowest BCUT2D eigenvalue weighted by molar-refractivity contribution is -0.670. The van der Waals surface area contributed by atoms with Crippen LogP contribution < -0.4 is 10.4 Å². The van der Waals surface area contributed by atoms with Crippen molar-refractivity contribution < 1.29 is 50.3 Å². The van der Waals surface area contributed by atoms with E-state index in [9.17, 15) is 19.5 Å². The van der Waals surface area contributed by atoms with E-state index in [1.165, 1.54) is 0 Å². The molecule has 0 aromatic rings. The molecule has 1 saturated heterocycles. The second-order valence-electron chi connectivity index (χ2n) is 3.93. The molecule has 0 aliphatic carbocycles. The number of carbonyl (C=O) groups excluding carboxylic acids is 1. The number of nitrogens with two attached hydrogens (primary N) is 1. The zero-order valence-corrected chi connectivity index (χ0v) is 10.7. The smallest absolute Gasteiger partial charge is 0.336 e. The largest absolute Gasteiger partial charge is 0.550 e. The molecular weight excluding hydrogens is 278 g/mol. The third kappa shape index (κ3) is 9.22. The van der Waals surface area contributed by atoms with E-state index in [-0.39, 0.29) is 5.48 Å². The number of aliphatic hydroxyl groups is 1. The van der Waals surface area contributed by atoms with E-state index >= 15 is 0 Å². The molecular formula is C10H19NO9. The normalized spacial score (nSPS) is 16.6. The fourth-order valence-electron chi connectivity index (χ4n) is 1.28. The van der Waals surface area contributed by atoms with Gasteiger partial charge in [-0.1, -0.05) is 0 Å². The van der Waals surface area contributed by atoms with Crippen LogP contribution in [0.15, 0.2) is 0 Å². The van der Waals surface area contributed by atoms with Crippen molar-refractivity contribution >= 4 is 17.9 Å². The zero-order valence-electron chi connectivity index (χ0n) is 10.7. The van der Waals surface area contributed by atoms with Crippen molar-refractivity contribution in [1.29, 1.82) is 0 Å². The van der Waals surface area contributed by atoms with E-state index in [0.717, 1.165) is 26.3 Å². The minimum absolute atomic E-state index is 0. The summed E-state index contributed by atoms with van der Waals surface area (Å²) in [4.78, 5) is 30.3. The number of aliphatic carboxylic acids is 3. The Kier molecular flexibility index (Phi) is 10.4. The predicted octanol–water partition coefficient (Wildman–Crippen LogP) is -4.83. The molecule has 0 aromatic carbocycles. The highest BCUT2D eigenvalue weighted by Crippen LogP contribution is 2.15. The SMILES string of the molecule is C1COCC[NH2+]1.O.O=C([O-])C[C@](O)(CC(=O)O)C(=O)O. The van der Waals surface area contributed by atoms with Crippen LogP contribution in [0.5, 0.6) is 0 Å². The van der Waals surface area contributed by atoms with Crippen LogP contribution in [0.2, 0.25) is 0 Å². The molecule has 1 aliphatic rings. The monoisotopic (exact) mass is 297 g/mol. The van der Waals surface area contributed by atoms with Crippen LogP contribution in [-0.4, -0.2) is 70.6 Å². The minimum Gasteiger partial charge on any atom is -0.550 e. The highest BCUT2D eigenvalue weighted by atomic mass is 16.5. The predicted molar refractivity (Wildman–Crippen MR) is 60.6 cm³/mol. The number of carbonyl (C=O) groups is 3. The van der Waals surface area contributed by atoms with E-state index in [4.69, 9.17) is 20.1 Å². The van der Waals surface area contributed by atoms with E-state index in [0.29, 0.717) is 0 Å². The number of morpholine rings is 1. The summed E-state index contributed by atoms with van der Waals surface area (Å²) in [5.74, 6) is -5.34. The first-order valence-corrected chi connectivity index (χ1v) is 5.55. The molecule has 7 N–H and O–H groups in total. The Labute approximate surface area is 114 Å². The molecule has 0 unspecified atom stereocenters. The molecule has 10 heteroatoms. The summed E-state index contributed by atoms with van der Waals surface area (Å²) in [6, 6.07) is 0. The van der Waals surface area contributed by atoms with Crippen LogP contribution in [0.3, 0.4) is 0 Å².